The first-order valence-electron chi connectivity index (χ1n) is 12.8. The normalized spacial score (nSPS) is 29.4. The van der Waals surface area contributed by atoms with E-state index < -0.39 is 12.1 Å². The van der Waals surface area contributed by atoms with Crippen molar-refractivity contribution in [3.05, 3.63) is 35.6 Å². The Kier molecular flexibility index (Phi) is 6.59. The fourth-order valence-electron chi connectivity index (χ4n) is 6.73. The summed E-state index contributed by atoms with van der Waals surface area (Å²) in [5, 5.41) is 9.30. The van der Waals surface area contributed by atoms with Gasteiger partial charge < -0.3 is 15.5 Å². The van der Waals surface area contributed by atoms with Crippen molar-refractivity contribution < 1.29 is 14.0 Å². The highest BCUT2D eigenvalue weighted by Crippen LogP contribution is 2.45. The maximum Gasteiger partial charge on any atom is 0.241 e. The lowest BCUT2D eigenvalue weighted by atomic mass is 9.80. The molecular weight excluding hydrogens is 433 g/mol. The summed E-state index contributed by atoms with van der Waals surface area (Å²) in [5.74, 6) is 0.0363. The fraction of sp³-hybridized carbons (Fsp3) is 0.654. The molecule has 2 amide bonds. The van der Waals surface area contributed by atoms with Gasteiger partial charge in [0.25, 0.3) is 0 Å². The van der Waals surface area contributed by atoms with Gasteiger partial charge in [0, 0.05) is 25.7 Å². The summed E-state index contributed by atoms with van der Waals surface area (Å²) in [6.07, 6.45) is 8.01. The molecule has 182 valence electrons. The summed E-state index contributed by atoms with van der Waals surface area (Å²) >= 11 is 0. The Labute approximate surface area is 200 Å². The van der Waals surface area contributed by atoms with Crippen LogP contribution in [0.3, 0.4) is 0 Å². The largest absolute Gasteiger partial charge is 0.330 e. The van der Waals surface area contributed by atoms with Gasteiger partial charge >= 0.3 is 0 Å². The maximum atomic E-state index is 13.6. The lowest BCUT2D eigenvalue weighted by Crippen LogP contribution is -2.57. The third-order valence-electron chi connectivity index (χ3n) is 8.36. The highest BCUT2D eigenvalue weighted by atomic mass is 19.1. The zero-order chi connectivity index (χ0) is 23.8. The molecule has 5 atom stereocenters. The van der Waals surface area contributed by atoms with Gasteiger partial charge in [-0.25, -0.2) is 4.39 Å². The number of amides is 2. The summed E-state index contributed by atoms with van der Waals surface area (Å²) in [6.45, 7) is 1.60. The molecule has 5 rings (SSSR count). The number of nitrogens with two attached hydrogens (primary N) is 1. The first kappa shape index (κ1) is 23.3. The van der Waals surface area contributed by atoms with E-state index in [9.17, 15) is 19.2 Å². The molecule has 4 fully saturated rings. The van der Waals surface area contributed by atoms with Gasteiger partial charge in [0.15, 0.2) is 0 Å². The van der Waals surface area contributed by atoms with Crippen LogP contribution in [0.15, 0.2) is 24.3 Å². The van der Waals surface area contributed by atoms with Crippen molar-refractivity contribution in [2.75, 3.05) is 19.6 Å². The number of nitriles is 1. The van der Waals surface area contributed by atoms with E-state index in [0.29, 0.717) is 32.0 Å². The van der Waals surface area contributed by atoms with Crippen LogP contribution in [0, 0.1) is 23.1 Å². The Bertz CT molecular complexity index is 957. The molecule has 0 aromatic heterocycles. The second-order valence-electron chi connectivity index (χ2n) is 10.4. The second kappa shape index (κ2) is 9.63. The van der Waals surface area contributed by atoms with Crippen molar-refractivity contribution in [1.29, 1.82) is 5.26 Å². The molecule has 8 heteroatoms. The Hall–Kier alpha value is -2.50. The number of hydrogen-bond acceptors (Lipinski definition) is 5. The van der Waals surface area contributed by atoms with Crippen LogP contribution >= 0.6 is 0 Å². The monoisotopic (exact) mass is 467 g/mol. The average molecular weight is 468 g/mol. The molecule has 2 bridgehead atoms. The Morgan fingerprint density at radius 3 is 2.56 bits per heavy atom. The number of fused-ring (bicyclic) bond motifs is 2. The predicted molar refractivity (Wildman–Crippen MR) is 125 cm³/mol. The van der Waals surface area contributed by atoms with Gasteiger partial charge in [-0.05, 0) is 55.7 Å². The molecule has 3 aliphatic heterocycles. The van der Waals surface area contributed by atoms with Crippen molar-refractivity contribution >= 4 is 11.8 Å². The molecule has 2 N–H and O–H groups in total. The lowest BCUT2D eigenvalue weighted by molar-refractivity contribution is -0.142. The molecule has 3 saturated heterocycles. The van der Waals surface area contributed by atoms with Gasteiger partial charge in [-0.15, -0.1) is 0 Å². The summed E-state index contributed by atoms with van der Waals surface area (Å²) in [7, 11) is 0. The number of likely N-dealkylation sites (tertiary alicyclic amines) is 3. The number of benzene rings is 1. The number of carbonyl (C=O) groups is 2. The van der Waals surface area contributed by atoms with Crippen molar-refractivity contribution in [2.24, 2.45) is 11.7 Å². The van der Waals surface area contributed by atoms with E-state index in [0.717, 1.165) is 31.2 Å². The molecule has 34 heavy (non-hydrogen) atoms. The molecule has 0 radical (unpaired) electrons. The van der Waals surface area contributed by atoms with Crippen molar-refractivity contribution in [2.45, 2.75) is 81.6 Å². The summed E-state index contributed by atoms with van der Waals surface area (Å²) in [5.41, 5.74) is 7.30. The van der Waals surface area contributed by atoms with Gasteiger partial charge in [0.05, 0.1) is 24.2 Å². The quantitative estimate of drug-likeness (QED) is 0.694. The lowest BCUT2D eigenvalue weighted by Gasteiger charge is -2.43. The molecular formula is C26H34FN5O2. The van der Waals surface area contributed by atoms with Crippen LogP contribution in [0.4, 0.5) is 4.39 Å². The third-order valence-corrected chi connectivity index (χ3v) is 8.36. The van der Waals surface area contributed by atoms with Gasteiger partial charge in [-0.2, -0.15) is 5.26 Å². The zero-order valence-corrected chi connectivity index (χ0v) is 19.6. The number of hydrogen-bond donors (Lipinski definition) is 1. The number of rotatable bonds is 6. The van der Waals surface area contributed by atoms with Gasteiger partial charge in [0.1, 0.15) is 11.9 Å². The van der Waals surface area contributed by atoms with E-state index in [1.807, 2.05) is 12.1 Å². The van der Waals surface area contributed by atoms with Gasteiger partial charge in [0.2, 0.25) is 11.8 Å². The average Bonchev–Trinajstić information content (AvgIpc) is 3.56. The first-order chi connectivity index (χ1) is 16.5. The molecule has 0 spiro atoms. The molecule has 1 unspecified atom stereocenters. The molecule has 4 aliphatic rings. The van der Waals surface area contributed by atoms with E-state index in [1.54, 1.807) is 4.90 Å². The molecule has 1 aromatic rings. The SMILES string of the molecule is N#C[C@@H]1CCCN1C(=O)[C@@H](N)CN1CC2C[C@@H]1C(=O)N2[C@@H](c1ccc(F)cc1)C1CCCCC1. The minimum Gasteiger partial charge on any atom is -0.330 e. The number of carbonyl (C=O) groups excluding carboxylic acids is 2. The van der Waals surface area contributed by atoms with E-state index >= 15 is 0 Å². The minimum absolute atomic E-state index is 0.0261. The van der Waals surface area contributed by atoms with E-state index in [4.69, 9.17) is 5.73 Å². The van der Waals surface area contributed by atoms with Crippen LogP contribution in [0.25, 0.3) is 0 Å². The van der Waals surface area contributed by atoms with Crippen LogP contribution < -0.4 is 5.73 Å². The maximum absolute atomic E-state index is 13.6. The topological polar surface area (TPSA) is 93.7 Å². The summed E-state index contributed by atoms with van der Waals surface area (Å²) in [4.78, 5) is 32.3. The molecule has 3 heterocycles. The van der Waals surface area contributed by atoms with Crippen LogP contribution in [0.2, 0.25) is 0 Å². The summed E-state index contributed by atoms with van der Waals surface area (Å²) < 4.78 is 13.6. The molecule has 1 aliphatic carbocycles. The summed E-state index contributed by atoms with van der Waals surface area (Å²) in [6, 6.07) is 7.52. The number of halogens is 1. The Morgan fingerprint density at radius 2 is 1.88 bits per heavy atom. The zero-order valence-electron chi connectivity index (χ0n) is 19.6. The highest BCUT2D eigenvalue weighted by molar-refractivity contribution is 5.87. The number of nitrogens with zero attached hydrogens (tertiary/aromatic N) is 4. The van der Waals surface area contributed by atoms with Crippen molar-refractivity contribution in [1.82, 2.24) is 14.7 Å². The molecule has 1 aromatic carbocycles. The Morgan fingerprint density at radius 1 is 1.15 bits per heavy atom. The Balaban J connectivity index is 1.30. The van der Waals surface area contributed by atoms with Crippen LogP contribution in [0.1, 0.15) is 63.0 Å². The van der Waals surface area contributed by atoms with Gasteiger partial charge in [-0.1, -0.05) is 31.4 Å². The first-order valence-corrected chi connectivity index (χ1v) is 12.8. The standard InChI is InChI=1S/C26H34FN5O2/c27-19-10-8-18(9-11-19)24(17-5-2-1-3-6-17)32-21-13-23(26(32)34)30(15-21)16-22(29)25(33)31-12-4-7-20(31)14-28/h8-11,17,20-24H,1-7,12-13,15-16,29H2/t20-,21?,22-,23+,24+/m0/s1. The van der Waals surface area contributed by atoms with Crippen molar-refractivity contribution in [3.8, 4) is 6.07 Å². The highest BCUT2D eigenvalue weighted by Gasteiger charge is 2.53. The predicted octanol–water partition coefficient (Wildman–Crippen LogP) is 2.57. The smallest absolute Gasteiger partial charge is 0.241 e. The number of piperazine rings is 1. The third kappa shape index (κ3) is 4.20. The molecule has 1 saturated carbocycles. The van der Waals surface area contributed by atoms with Gasteiger partial charge in [-0.3, -0.25) is 14.5 Å². The van der Waals surface area contributed by atoms with Crippen LogP contribution in [-0.2, 0) is 9.59 Å². The molecule has 7 nitrogen and oxygen atoms in total. The van der Waals surface area contributed by atoms with E-state index in [2.05, 4.69) is 15.9 Å². The minimum atomic E-state index is -0.735. The van der Waals surface area contributed by atoms with Crippen LogP contribution in [0.5, 0.6) is 0 Å². The van der Waals surface area contributed by atoms with E-state index in [1.165, 1.54) is 31.4 Å². The van der Waals surface area contributed by atoms with Crippen molar-refractivity contribution in [3.63, 3.8) is 0 Å². The van der Waals surface area contributed by atoms with E-state index in [-0.39, 0.29) is 35.8 Å². The second-order valence-corrected chi connectivity index (χ2v) is 10.4. The van der Waals surface area contributed by atoms with Crippen LogP contribution in [-0.4, -0.2) is 70.3 Å². The fourth-order valence-corrected chi connectivity index (χ4v) is 6.73.